The molecule has 0 saturated heterocycles. The van der Waals surface area contributed by atoms with Crippen molar-refractivity contribution in [2.24, 2.45) is 5.41 Å². The van der Waals surface area contributed by atoms with Crippen molar-refractivity contribution in [3.05, 3.63) is 42.0 Å². The van der Waals surface area contributed by atoms with Crippen LogP contribution in [0.4, 0.5) is 0 Å². The van der Waals surface area contributed by atoms with E-state index in [0.29, 0.717) is 6.61 Å². The number of ether oxygens (including phenoxy) is 1. The molecule has 0 amide bonds. The van der Waals surface area contributed by atoms with Crippen LogP contribution in [0.2, 0.25) is 0 Å². The van der Waals surface area contributed by atoms with Crippen LogP contribution in [0.3, 0.4) is 0 Å². The molecule has 0 bridgehead atoms. The molecule has 0 fully saturated rings. The monoisotopic (exact) mass is 218 g/mol. The molecular formula is C15H22O. The Hall–Kier alpha value is -1.08. The minimum Gasteiger partial charge on any atom is -0.376 e. The molecule has 1 rings (SSSR count). The number of hydrogen-bond acceptors (Lipinski definition) is 1. The van der Waals surface area contributed by atoms with Crippen LogP contribution in [0.15, 0.2) is 30.8 Å². The third-order valence-corrected chi connectivity index (χ3v) is 2.93. The largest absolute Gasteiger partial charge is 0.376 e. The summed E-state index contributed by atoms with van der Waals surface area (Å²) < 4.78 is 5.72. The van der Waals surface area contributed by atoms with Crippen molar-refractivity contribution in [3.8, 4) is 0 Å². The first-order valence-corrected chi connectivity index (χ1v) is 5.86. The van der Waals surface area contributed by atoms with E-state index in [0.717, 1.165) is 18.6 Å². The quantitative estimate of drug-likeness (QED) is 0.692. The molecule has 0 unspecified atom stereocenters. The van der Waals surface area contributed by atoms with Crippen molar-refractivity contribution in [2.75, 3.05) is 6.61 Å². The van der Waals surface area contributed by atoms with Gasteiger partial charge >= 0.3 is 0 Å². The van der Waals surface area contributed by atoms with E-state index in [-0.39, 0.29) is 5.41 Å². The van der Waals surface area contributed by atoms with Crippen LogP contribution in [-0.2, 0) is 11.3 Å². The van der Waals surface area contributed by atoms with Gasteiger partial charge in [0.1, 0.15) is 0 Å². The number of benzene rings is 1. The van der Waals surface area contributed by atoms with Gasteiger partial charge in [-0.3, -0.25) is 0 Å². The average Bonchev–Trinajstić information content (AvgIpc) is 2.30. The highest BCUT2D eigenvalue weighted by Gasteiger charge is 2.14. The number of hydrogen-bond donors (Lipinski definition) is 0. The van der Waals surface area contributed by atoms with E-state index in [4.69, 9.17) is 4.74 Å². The van der Waals surface area contributed by atoms with Gasteiger partial charge in [0, 0.05) is 0 Å². The molecule has 0 saturated carbocycles. The standard InChI is InChI=1S/C15H22O/c1-5-13-7-9-14(10-8-13)11-16-12-15(3,4)6-2/h5,7-10H,1,6,11-12H2,2-4H3. The smallest absolute Gasteiger partial charge is 0.0717 e. The van der Waals surface area contributed by atoms with Crippen LogP contribution < -0.4 is 0 Å². The van der Waals surface area contributed by atoms with Crippen molar-refractivity contribution in [3.63, 3.8) is 0 Å². The molecule has 0 aliphatic heterocycles. The van der Waals surface area contributed by atoms with Crippen LogP contribution in [0.25, 0.3) is 6.08 Å². The molecule has 88 valence electrons. The molecule has 0 N–H and O–H groups in total. The van der Waals surface area contributed by atoms with Gasteiger partial charge in [-0.05, 0) is 23.0 Å². The molecule has 1 aromatic rings. The van der Waals surface area contributed by atoms with Gasteiger partial charge in [-0.2, -0.15) is 0 Å². The summed E-state index contributed by atoms with van der Waals surface area (Å²) in [6.07, 6.45) is 2.99. The normalized spacial score (nSPS) is 11.4. The molecule has 0 spiro atoms. The Labute approximate surface area is 99.1 Å². The Bertz CT molecular complexity index is 322. The van der Waals surface area contributed by atoms with Crippen LogP contribution >= 0.6 is 0 Å². The molecule has 0 atom stereocenters. The summed E-state index contributed by atoms with van der Waals surface area (Å²) in [4.78, 5) is 0. The van der Waals surface area contributed by atoms with Crippen LogP contribution in [0, 0.1) is 5.41 Å². The zero-order chi connectivity index (χ0) is 12.0. The Morgan fingerprint density at radius 2 is 1.88 bits per heavy atom. The molecular weight excluding hydrogens is 196 g/mol. The maximum Gasteiger partial charge on any atom is 0.0717 e. The average molecular weight is 218 g/mol. The van der Waals surface area contributed by atoms with E-state index >= 15 is 0 Å². The molecule has 1 aromatic carbocycles. The molecule has 0 aromatic heterocycles. The summed E-state index contributed by atoms with van der Waals surface area (Å²) in [5.41, 5.74) is 2.65. The van der Waals surface area contributed by atoms with Gasteiger partial charge in [-0.1, -0.05) is 57.7 Å². The van der Waals surface area contributed by atoms with Gasteiger partial charge in [0.25, 0.3) is 0 Å². The van der Waals surface area contributed by atoms with Crippen LogP contribution in [0.5, 0.6) is 0 Å². The zero-order valence-corrected chi connectivity index (χ0v) is 10.6. The second-order valence-electron chi connectivity index (χ2n) is 4.96. The third-order valence-electron chi connectivity index (χ3n) is 2.93. The molecule has 0 aliphatic rings. The van der Waals surface area contributed by atoms with Gasteiger partial charge in [0.2, 0.25) is 0 Å². The van der Waals surface area contributed by atoms with E-state index in [1.54, 1.807) is 0 Å². The maximum atomic E-state index is 5.72. The van der Waals surface area contributed by atoms with Crippen molar-refractivity contribution in [1.82, 2.24) is 0 Å². The Morgan fingerprint density at radius 1 is 1.25 bits per heavy atom. The lowest BCUT2D eigenvalue weighted by Crippen LogP contribution is -2.17. The molecule has 0 radical (unpaired) electrons. The lowest BCUT2D eigenvalue weighted by atomic mass is 9.92. The Morgan fingerprint density at radius 3 is 2.38 bits per heavy atom. The topological polar surface area (TPSA) is 9.23 Å². The maximum absolute atomic E-state index is 5.72. The first kappa shape index (κ1) is 13.0. The van der Waals surface area contributed by atoms with Crippen molar-refractivity contribution < 1.29 is 4.74 Å². The van der Waals surface area contributed by atoms with Crippen LogP contribution in [-0.4, -0.2) is 6.61 Å². The predicted octanol–water partition coefficient (Wildman–Crippen LogP) is 4.28. The molecule has 16 heavy (non-hydrogen) atoms. The van der Waals surface area contributed by atoms with E-state index < -0.39 is 0 Å². The van der Waals surface area contributed by atoms with Gasteiger partial charge in [-0.15, -0.1) is 0 Å². The third kappa shape index (κ3) is 4.19. The van der Waals surface area contributed by atoms with E-state index in [1.165, 1.54) is 5.56 Å². The highest BCUT2D eigenvalue weighted by molar-refractivity contribution is 5.47. The predicted molar refractivity (Wildman–Crippen MR) is 70.3 cm³/mol. The minimum absolute atomic E-state index is 0.279. The van der Waals surface area contributed by atoms with Crippen molar-refractivity contribution in [1.29, 1.82) is 0 Å². The van der Waals surface area contributed by atoms with E-state index in [1.807, 2.05) is 6.08 Å². The Balaban J connectivity index is 2.40. The summed E-state index contributed by atoms with van der Waals surface area (Å²) in [5.74, 6) is 0. The fraction of sp³-hybridized carbons (Fsp3) is 0.467. The summed E-state index contributed by atoms with van der Waals surface area (Å²) in [7, 11) is 0. The van der Waals surface area contributed by atoms with Gasteiger partial charge < -0.3 is 4.74 Å². The molecule has 0 heterocycles. The summed E-state index contributed by atoms with van der Waals surface area (Å²) in [5, 5.41) is 0. The summed E-state index contributed by atoms with van der Waals surface area (Å²) in [6.45, 7) is 11.9. The molecule has 1 heteroatoms. The van der Waals surface area contributed by atoms with Gasteiger partial charge in [-0.25, -0.2) is 0 Å². The first-order valence-electron chi connectivity index (χ1n) is 5.86. The van der Waals surface area contributed by atoms with Crippen molar-refractivity contribution >= 4 is 6.08 Å². The van der Waals surface area contributed by atoms with Gasteiger partial charge in [0.15, 0.2) is 0 Å². The van der Waals surface area contributed by atoms with E-state index in [9.17, 15) is 0 Å². The lowest BCUT2D eigenvalue weighted by molar-refractivity contribution is 0.0495. The number of rotatable bonds is 6. The fourth-order valence-corrected chi connectivity index (χ4v) is 1.30. The lowest BCUT2D eigenvalue weighted by Gasteiger charge is -2.22. The highest BCUT2D eigenvalue weighted by Crippen LogP contribution is 2.20. The summed E-state index contributed by atoms with van der Waals surface area (Å²) >= 11 is 0. The van der Waals surface area contributed by atoms with Crippen LogP contribution in [0.1, 0.15) is 38.3 Å². The second kappa shape index (κ2) is 5.86. The second-order valence-corrected chi connectivity index (χ2v) is 4.96. The van der Waals surface area contributed by atoms with Crippen molar-refractivity contribution in [2.45, 2.75) is 33.8 Å². The first-order chi connectivity index (χ1) is 7.57. The fourth-order valence-electron chi connectivity index (χ4n) is 1.30. The SMILES string of the molecule is C=Cc1ccc(COCC(C)(C)CC)cc1. The summed E-state index contributed by atoms with van der Waals surface area (Å²) in [6, 6.07) is 8.32. The van der Waals surface area contributed by atoms with Gasteiger partial charge in [0.05, 0.1) is 13.2 Å². The Kier molecular flexibility index (Phi) is 4.75. The highest BCUT2D eigenvalue weighted by atomic mass is 16.5. The van der Waals surface area contributed by atoms with E-state index in [2.05, 4.69) is 51.6 Å². The zero-order valence-electron chi connectivity index (χ0n) is 10.6. The minimum atomic E-state index is 0.279. The molecule has 1 nitrogen and oxygen atoms in total. The molecule has 0 aliphatic carbocycles.